The molecule has 0 spiro atoms. The van der Waals surface area contributed by atoms with E-state index >= 15 is 0 Å². The van der Waals surface area contributed by atoms with Crippen LogP contribution < -0.4 is 10.2 Å². The average molecular weight is 263 g/mol. The Morgan fingerprint density at radius 2 is 2.21 bits per heavy atom. The molecule has 0 heterocycles. The van der Waals surface area contributed by atoms with Gasteiger partial charge in [-0.2, -0.15) is 0 Å². The van der Waals surface area contributed by atoms with E-state index in [1.54, 1.807) is 13.1 Å². The number of unbranched alkanes of at least 4 members (excludes halogenated alkanes) is 1. The van der Waals surface area contributed by atoms with Crippen molar-refractivity contribution in [3.63, 3.8) is 0 Å². The fraction of sp³-hybridized carbons (Fsp3) is 0.571. The van der Waals surface area contributed by atoms with Gasteiger partial charge in [-0.25, -0.2) is 0 Å². The Bertz CT molecular complexity index is 458. The van der Waals surface area contributed by atoms with E-state index in [-0.39, 0.29) is 10.6 Å². The van der Waals surface area contributed by atoms with Crippen LogP contribution in [0, 0.1) is 10.1 Å². The van der Waals surface area contributed by atoms with Crippen molar-refractivity contribution >= 4 is 17.1 Å². The minimum atomic E-state index is -0.275. The van der Waals surface area contributed by atoms with E-state index in [0.717, 1.165) is 37.9 Å². The molecule has 1 aliphatic carbocycles. The first kappa shape index (κ1) is 13.6. The van der Waals surface area contributed by atoms with Crippen LogP contribution in [0.1, 0.15) is 32.6 Å². The number of nitrogens with one attached hydrogen (secondary N) is 1. The summed E-state index contributed by atoms with van der Waals surface area (Å²) in [6.45, 7) is 3.04. The zero-order chi connectivity index (χ0) is 13.8. The summed E-state index contributed by atoms with van der Waals surface area (Å²) < 4.78 is 0. The molecule has 1 saturated carbocycles. The van der Waals surface area contributed by atoms with Crippen LogP contribution in [-0.2, 0) is 0 Å². The Balaban J connectivity index is 2.37. The van der Waals surface area contributed by atoms with Crippen LogP contribution in [0.2, 0.25) is 0 Å². The fourth-order valence-corrected chi connectivity index (χ4v) is 2.37. The van der Waals surface area contributed by atoms with E-state index in [4.69, 9.17) is 0 Å². The van der Waals surface area contributed by atoms with Gasteiger partial charge in [-0.05, 0) is 31.4 Å². The summed E-state index contributed by atoms with van der Waals surface area (Å²) in [5, 5.41) is 14.3. The van der Waals surface area contributed by atoms with Crippen LogP contribution >= 0.6 is 0 Å². The van der Waals surface area contributed by atoms with E-state index in [2.05, 4.69) is 17.1 Å². The highest BCUT2D eigenvalue weighted by molar-refractivity contribution is 5.77. The first-order valence-corrected chi connectivity index (χ1v) is 6.90. The lowest BCUT2D eigenvalue weighted by molar-refractivity contribution is -0.383. The second kappa shape index (κ2) is 5.91. The molecule has 0 radical (unpaired) electrons. The quantitative estimate of drug-likeness (QED) is 0.605. The topological polar surface area (TPSA) is 58.4 Å². The molecule has 1 N–H and O–H groups in total. The Labute approximate surface area is 113 Å². The molecular weight excluding hydrogens is 242 g/mol. The normalized spacial score (nSPS) is 14.2. The smallest absolute Gasteiger partial charge is 0.315 e. The average Bonchev–Trinajstić information content (AvgIpc) is 3.23. The minimum absolute atomic E-state index is 0.202. The number of rotatable bonds is 7. The second-order valence-electron chi connectivity index (χ2n) is 4.96. The Morgan fingerprint density at radius 3 is 2.74 bits per heavy atom. The van der Waals surface area contributed by atoms with Crippen LogP contribution in [0.5, 0.6) is 0 Å². The van der Waals surface area contributed by atoms with Gasteiger partial charge in [-0.1, -0.05) is 19.4 Å². The van der Waals surface area contributed by atoms with Gasteiger partial charge in [0.2, 0.25) is 0 Å². The summed E-state index contributed by atoms with van der Waals surface area (Å²) in [5.41, 5.74) is 1.55. The monoisotopic (exact) mass is 263 g/mol. The molecule has 0 unspecified atom stereocenters. The van der Waals surface area contributed by atoms with Crippen LogP contribution in [0.25, 0.3) is 0 Å². The number of anilines is 2. The van der Waals surface area contributed by atoms with Crippen molar-refractivity contribution in [1.29, 1.82) is 0 Å². The standard InChI is InChI=1S/C14H21N3O2/c1-3-4-10-16(11-8-9-11)13-7-5-6-12(15-2)14(13)17(18)19/h5-7,11,15H,3-4,8-10H2,1-2H3. The molecular formula is C14H21N3O2. The molecule has 1 fully saturated rings. The van der Waals surface area contributed by atoms with Crippen LogP contribution in [0.15, 0.2) is 18.2 Å². The number of nitro benzene ring substituents is 1. The van der Waals surface area contributed by atoms with E-state index in [1.165, 1.54) is 0 Å². The molecule has 19 heavy (non-hydrogen) atoms. The summed E-state index contributed by atoms with van der Waals surface area (Å²) in [6, 6.07) is 5.99. The molecule has 0 aromatic heterocycles. The van der Waals surface area contributed by atoms with Crippen molar-refractivity contribution in [2.24, 2.45) is 0 Å². The zero-order valence-corrected chi connectivity index (χ0v) is 11.6. The van der Waals surface area contributed by atoms with Crippen molar-refractivity contribution in [2.75, 3.05) is 23.8 Å². The highest BCUT2D eigenvalue weighted by atomic mass is 16.6. The summed E-state index contributed by atoms with van der Waals surface area (Å²) >= 11 is 0. The van der Waals surface area contributed by atoms with Crippen LogP contribution in [-0.4, -0.2) is 24.6 Å². The van der Waals surface area contributed by atoms with Gasteiger partial charge in [0.15, 0.2) is 0 Å². The van der Waals surface area contributed by atoms with Crippen molar-refractivity contribution in [1.82, 2.24) is 0 Å². The number of benzene rings is 1. The molecule has 0 amide bonds. The highest BCUT2D eigenvalue weighted by Gasteiger charge is 2.33. The second-order valence-corrected chi connectivity index (χ2v) is 4.96. The Morgan fingerprint density at radius 1 is 1.47 bits per heavy atom. The van der Waals surface area contributed by atoms with E-state index in [9.17, 15) is 10.1 Å². The zero-order valence-electron chi connectivity index (χ0n) is 11.6. The SMILES string of the molecule is CCCCN(c1cccc(NC)c1[N+](=O)[O-])C1CC1. The fourth-order valence-electron chi connectivity index (χ4n) is 2.37. The summed E-state index contributed by atoms with van der Waals surface area (Å²) in [7, 11) is 1.72. The first-order valence-electron chi connectivity index (χ1n) is 6.90. The van der Waals surface area contributed by atoms with Crippen molar-refractivity contribution in [2.45, 2.75) is 38.6 Å². The summed E-state index contributed by atoms with van der Waals surface area (Å²) in [4.78, 5) is 13.3. The molecule has 0 bridgehead atoms. The van der Waals surface area contributed by atoms with Gasteiger partial charge in [0, 0.05) is 19.6 Å². The molecule has 1 aromatic rings. The maximum absolute atomic E-state index is 11.4. The Hall–Kier alpha value is -1.78. The Kier molecular flexibility index (Phi) is 4.24. The van der Waals surface area contributed by atoms with Gasteiger partial charge < -0.3 is 10.2 Å². The molecule has 104 valence electrons. The van der Waals surface area contributed by atoms with Gasteiger partial charge in [-0.3, -0.25) is 10.1 Å². The lowest BCUT2D eigenvalue weighted by Crippen LogP contribution is -2.27. The molecule has 1 aliphatic rings. The van der Waals surface area contributed by atoms with Gasteiger partial charge >= 0.3 is 5.69 Å². The number of hydrogen-bond acceptors (Lipinski definition) is 4. The predicted octanol–water partition coefficient (Wildman–Crippen LogP) is 3.41. The van der Waals surface area contributed by atoms with Crippen molar-refractivity contribution in [3.05, 3.63) is 28.3 Å². The van der Waals surface area contributed by atoms with E-state index < -0.39 is 0 Å². The number of para-hydroxylation sites is 1. The summed E-state index contributed by atoms with van der Waals surface area (Å²) in [5.74, 6) is 0. The number of hydrogen-bond donors (Lipinski definition) is 1. The van der Waals surface area contributed by atoms with Gasteiger partial charge in [-0.15, -0.1) is 0 Å². The molecule has 1 aromatic carbocycles. The van der Waals surface area contributed by atoms with Gasteiger partial charge in [0.25, 0.3) is 0 Å². The minimum Gasteiger partial charge on any atom is -0.382 e. The molecule has 5 nitrogen and oxygen atoms in total. The number of nitrogens with zero attached hydrogens (tertiary/aromatic N) is 2. The third-order valence-electron chi connectivity index (χ3n) is 3.52. The molecule has 0 aliphatic heterocycles. The summed E-state index contributed by atoms with van der Waals surface area (Å²) in [6.07, 6.45) is 4.45. The maximum Gasteiger partial charge on any atom is 0.315 e. The van der Waals surface area contributed by atoms with Gasteiger partial charge in [0.05, 0.1) is 4.92 Å². The van der Waals surface area contributed by atoms with Gasteiger partial charge in [0.1, 0.15) is 11.4 Å². The molecule has 0 atom stereocenters. The maximum atomic E-state index is 11.4. The van der Waals surface area contributed by atoms with Crippen LogP contribution in [0.4, 0.5) is 17.1 Å². The molecule has 0 saturated heterocycles. The van der Waals surface area contributed by atoms with E-state index in [1.807, 2.05) is 12.1 Å². The van der Waals surface area contributed by atoms with E-state index in [0.29, 0.717) is 11.7 Å². The lowest BCUT2D eigenvalue weighted by atomic mass is 10.2. The highest BCUT2D eigenvalue weighted by Crippen LogP contribution is 2.40. The lowest BCUT2D eigenvalue weighted by Gasteiger charge is -2.24. The molecule has 5 heteroatoms. The third-order valence-corrected chi connectivity index (χ3v) is 3.52. The third kappa shape index (κ3) is 2.97. The molecule has 2 rings (SSSR count). The van der Waals surface area contributed by atoms with Crippen molar-refractivity contribution < 1.29 is 4.92 Å². The largest absolute Gasteiger partial charge is 0.382 e. The number of nitro groups is 1. The first-order chi connectivity index (χ1) is 9.19. The van der Waals surface area contributed by atoms with Crippen molar-refractivity contribution in [3.8, 4) is 0 Å². The van der Waals surface area contributed by atoms with Crippen LogP contribution in [0.3, 0.4) is 0 Å². The predicted molar refractivity (Wildman–Crippen MR) is 77.9 cm³/mol.